The SMILES string of the molecule is C=C(C)CNC(=O)N(C)CC. The van der Waals surface area contributed by atoms with Crippen LogP contribution in [0.4, 0.5) is 4.79 Å². The summed E-state index contributed by atoms with van der Waals surface area (Å²) in [6, 6.07) is -0.0458. The molecule has 11 heavy (non-hydrogen) atoms. The second kappa shape index (κ2) is 4.77. The second-order valence-electron chi connectivity index (χ2n) is 2.63. The lowest BCUT2D eigenvalue weighted by atomic mass is 10.3. The molecule has 64 valence electrons. The van der Waals surface area contributed by atoms with E-state index in [4.69, 9.17) is 0 Å². The molecule has 3 nitrogen and oxygen atoms in total. The van der Waals surface area contributed by atoms with Crippen molar-refractivity contribution in [3.05, 3.63) is 12.2 Å². The van der Waals surface area contributed by atoms with Gasteiger partial charge in [-0.25, -0.2) is 4.79 Å². The monoisotopic (exact) mass is 156 g/mol. The maximum absolute atomic E-state index is 11.1. The summed E-state index contributed by atoms with van der Waals surface area (Å²) in [5.41, 5.74) is 0.961. The molecular weight excluding hydrogens is 140 g/mol. The Balaban J connectivity index is 3.60. The van der Waals surface area contributed by atoms with Crippen LogP contribution in [-0.2, 0) is 0 Å². The molecule has 0 fully saturated rings. The molecule has 0 aromatic carbocycles. The van der Waals surface area contributed by atoms with Gasteiger partial charge in [0.15, 0.2) is 0 Å². The molecule has 2 amide bonds. The van der Waals surface area contributed by atoms with E-state index in [0.29, 0.717) is 6.54 Å². The normalized spacial score (nSPS) is 9.00. The summed E-state index contributed by atoms with van der Waals surface area (Å²) in [6.07, 6.45) is 0. The van der Waals surface area contributed by atoms with E-state index in [1.54, 1.807) is 11.9 Å². The van der Waals surface area contributed by atoms with E-state index in [1.165, 1.54) is 0 Å². The minimum Gasteiger partial charge on any atom is -0.334 e. The molecular formula is C8H16N2O. The van der Waals surface area contributed by atoms with Gasteiger partial charge in [0.05, 0.1) is 0 Å². The Morgan fingerprint density at radius 1 is 1.64 bits per heavy atom. The van der Waals surface area contributed by atoms with Gasteiger partial charge in [0.25, 0.3) is 0 Å². The van der Waals surface area contributed by atoms with Crippen LogP contribution < -0.4 is 5.32 Å². The number of hydrogen-bond acceptors (Lipinski definition) is 1. The van der Waals surface area contributed by atoms with Crippen molar-refractivity contribution < 1.29 is 4.79 Å². The van der Waals surface area contributed by atoms with Gasteiger partial charge in [-0.2, -0.15) is 0 Å². The van der Waals surface area contributed by atoms with E-state index in [1.807, 2.05) is 13.8 Å². The highest BCUT2D eigenvalue weighted by atomic mass is 16.2. The Kier molecular flexibility index (Phi) is 4.34. The fraction of sp³-hybridized carbons (Fsp3) is 0.625. The molecule has 0 radical (unpaired) electrons. The van der Waals surface area contributed by atoms with Crippen molar-refractivity contribution in [2.24, 2.45) is 0 Å². The van der Waals surface area contributed by atoms with E-state index >= 15 is 0 Å². The lowest BCUT2D eigenvalue weighted by molar-refractivity contribution is 0.212. The van der Waals surface area contributed by atoms with E-state index in [0.717, 1.165) is 12.1 Å². The first kappa shape index (κ1) is 10.0. The summed E-state index contributed by atoms with van der Waals surface area (Å²) in [5, 5.41) is 2.72. The number of urea groups is 1. The average molecular weight is 156 g/mol. The molecule has 0 aromatic heterocycles. The van der Waals surface area contributed by atoms with Gasteiger partial charge < -0.3 is 10.2 Å². The number of carbonyl (C=O) groups excluding carboxylic acids is 1. The summed E-state index contributed by atoms with van der Waals surface area (Å²) in [7, 11) is 1.76. The molecule has 0 spiro atoms. The second-order valence-corrected chi connectivity index (χ2v) is 2.63. The molecule has 3 heteroatoms. The first-order valence-electron chi connectivity index (χ1n) is 3.71. The van der Waals surface area contributed by atoms with Crippen molar-refractivity contribution in [3.8, 4) is 0 Å². The molecule has 0 bridgehead atoms. The van der Waals surface area contributed by atoms with E-state index < -0.39 is 0 Å². The van der Waals surface area contributed by atoms with Crippen molar-refractivity contribution >= 4 is 6.03 Å². The molecule has 0 unspecified atom stereocenters. The van der Waals surface area contributed by atoms with Crippen LogP contribution in [0.2, 0.25) is 0 Å². The molecule has 0 saturated heterocycles. The van der Waals surface area contributed by atoms with Crippen LogP contribution in [0.15, 0.2) is 12.2 Å². The van der Waals surface area contributed by atoms with Crippen LogP contribution in [0.3, 0.4) is 0 Å². The third-order valence-corrected chi connectivity index (χ3v) is 1.36. The van der Waals surface area contributed by atoms with E-state index in [2.05, 4.69) is 11.9 Å². The van der Waals surface area contributed by atoms with Crippen molar-refractivity contribution in [3.63, 3.8) is 0 Å². The minimum absolute atomic E-state index is 0.0458. The summed E-state index contributed by atoms with van der Waals surface area (Å²) >= 11 is 0. The van der Waals surface area contributed by atoms with Crippen molar-refractivity contribution in [1.82, 2.24) is 10.2 Å². The molecule has 0 aliphatic heterocycles. The standard InChI is InChI=1S/C8H16N2O/c1-5-10(4)8(11)9-6-7(2)3/h2,5-6H2,1,3-4H3,(H,9,11). The summed E-state index contributed by atoms with van der Waals surface area (Å²) in [5.74, 6) is 0. The van der Waals surface area contributed by atoms with E-state index in [-0.39, 0.29) is 6.03 Å². The van der Waals surface area contributed by atoms with Gasteiger partial charge in [-0.15, -0.1) is 0 Å². The third kappa shape index (κ3) is 4.42. The fourth-order valence-electron chi connectivity index (χ4n) is 0.505. The van der Waals surface area contributed by atoms with Crippen LogP contribution in [0, 0.1) is 0 Å². The molecule has 0 aliphatic rings. The first-order chi connectivity index (χ1) is 5.07. The van der Waals surface area contributed by atoms with Crippen LogP contribution in [-0.4, -0.2) is 31.1 Å². The van der Waals surface area contributed by atoms with Crippen molar-refractivity contribution in [2.45, 2.75) is 13.8 Å². The number of amides is 2. The number of rotatable bonds is 3. The Morgan fingerprint density at radius 3 is 2.55 bits per heavy atom. The Hall–Kier alpha value is -0.990. The zero-order valence-electron chi connectivity index (χ0n) is 7.48. The summed E-state index contributed by atoms with van der Waals surface area (Å²) < 4.78 is 0. The number of hydrogen-bond donors (Lipinski definition) is 1. The molecule has 1 N–H and O–H groups in total. The van der Waals surface area contributed by atoms with Gasteiger partial charge in [-0.05, 0) is 13.8 Å². The highest BCUT2D eigenvalue weighted by Crippen LogP contribution is 1.85. The van der Waals surface area contributed by atoms with Crippen LogP contribution in [0.25, 0.3) is 0 Å². The zero-order chi connectivity index (χ0) is 8.85. The van der Waals surface area contributed by atoms with Crippen molar-refractivity contribution in [2.75, 3.05) is 20.1 Å². The third-order valence-electron chi connectivity index (χ3n) is 1.36. The van der Waals surface area contributed by atoms with Gasteiger partial charge in [0.2, 0.25) is 0 Å². The van der Waals surface area contributed by atoms with Crippen LogP contribution in [0.1, 0.15) is 13.8 Å². The minimum atomic E-state index is -0.0458. The van der Waals surface area contributed by atoms with Gasteiger partial charge in [0.1, 0.15) is 0 Å². The molecule has 0 aromatic rings. The van der Waals surface area contributed by atoms with Crippen LogP contribution >= 0.6 is 0 Å². The topological polar surface area (TPSA) is 32.3 Å². The number of carbonyl (C=O) groups is 1. The summed E-state index contributed by atoms with van der Waals surface area (Å²) in [6.45, 7) is 8.77. The fourth-order valence-corrected chi connectivity index (χ4v) is 0.505. The van der Waals surface area contributed by atoms with Gasteiger partial charge in [-0.3, -0.25) is 0 Å². The highest BCUT2D eigenvalue weighted by Gasteiger charge is 2.03. The predicted octanol–water partition coefficient (Wildman–Crippen LogP) is 1.22. The lowest BCUT2D eigenvalue weighted by Gasteiger charge is -2.15. The van der Waals surface area contributed by atoms with Crippen molar-refractivity contribution in [1.29, 1.82) is 0 Å². The van der Waals surface area contributed by atoms with Gasteiger partial charge in [-0.1, -0.05) is 12.2 Å². The highest BCUT2D eigenvalue weighted by molar-refractivity contribution is 5.73. The van der Waals surface area contributed by atoms with Crippen LogP contribution in [0.5, 0.6) is 0 Å². The zero-order valence-corrected chi connectivity index (χ0v) is 7.48. The maximum Gasteiger partial charge on any atom is 0.317 e. The summed E-state index contributed by atoms with van der Waals surface area (Å²) in [4.78, 5) is 12.7. The molecule has 0 rings (SSSR count). The molecule has 0 atom stereocenters. The quantitative estimate of drug-likeness (QED) is 0.612. The predicted molar refractivity (Wildman–Crippen MR) is 46.5 cm³/mol. The average Bonchev–Trinajstić information content (AvgIpc) is 1.98. The Morgan fingerprint density at radius 2 is 2.18 bits per heavy atom. The lowest BCUT2D eigenvalue weighted by Crippen LogP contribution is -2.37. The Labute approximate surface area is 68.1 Å². The molecule has 0 saturated carbocycles. The number of nitrogens with one attached hydrogen (secondary N) is 1. The number of nitrogens with zero attached hydrogens (tertiary/aromatic N) is 1. The van der Waals surface area contributed by atoms with E-state index in [9.17, 15) is 4.79 Å². The Bertz CT molecular complexity index is 154. The molecule has 0 heterocycles. The molecule has 0 aliphatic carbocycles. The maximum atomic E-state index is 11.1. The van der Waals surface area contributed by atoms with Gasteiger partial charge in [0, 0.05) is 20.1 Å². The first-order valence-corrected chi connectivity index (χ1v) is 3.71. The van der Waals surface area contributed by atoms with Gasteiger partial charge >= 0.3 is 6.03 Å². The smallest absolute Gasteiger partial charge is 0.317 e. The largest absolute Gasteiger partial charge is 0.334 e.